The molecule has 2 aromatic carbocycles. The Labute approximate surface area is 146 Å². The van der Waals surface area contributed by atoms with Gasteiger partial charge in [0.1, 0.15) is 0 Å². The molecule has 0 bridgehead atoms. The van der Waals surface area contributed by atoms with Gasteiger partial charge in [-0.25, -0.2) is 13.1 Å². The maximum absolute atomic E-state index is 12.7. The normalized spacial score (nSPS) is 14.6. The van der Waals surface area contributed by atoms with Crippen LogP contribution in [0, 0.1) is 0 Å². The molecule has 0 radical (unpaired) electrons. The molecule has 0 saturated heterocycles. The molecular weight excluding hydrogens is 338 g/mol. The minimum atomic E-state index is -3.58. The fourth-order valence-corrected chi connectivity index (χ4v) is 4.45. The third kappa shape index (κ3) is 3.18. The molecule has 0 aliphatic carbocycles. The van der Waals surface area contributed by atoms with E-state index in [1.165, 1.54) is 0 Å². The van der Waals surface area contributed by atoms with Crippen LogP contribution >= 0.6 is 0 Å². The van der Waals surface area contributed by atoms with E-state index < -0.39 is 10.0 Å². The van der Waals surface area contributed by atoms with Gasteiger partial charge in [-0.15, -0.1) is 0 Å². The highest BCUT2D eigenvalue weighted by atomic mass is 32.2. The summed E-state index contributed by atoms with van der Waals surface area (Å²) in [5.41, 5.74) is 2.22. The Morgan fingerprint density at radius 2 is 2.00 bits per heavy atom. The molecule has 0 amide bonds. The number of ether oxygens (including phenoxy) is 1. The predicted octanol–water partition coefficient (Wildman–Crippen LogP) is 2.09. The first-order valence-electron chi connectivity index (χ1n) is 8.24. The van der Waals surface area contributed by atoms with Crippen LogP contribution in [-0.4, -0.2) is 31.3 Å². The van der Waals surface area contributed by atoms with Crippen LogP contribution < -0.4 is 4.72 Å². The van der Waals surface area contributed by atoms with Crippen LogP contribution in [0.2, 0.25) is 0 Å². The molecule has 0 saturated carbocycles. The first-order chi connectivity index (χ1) is 12.1. The lowest BCUT2D eigenvalue weighted by Gasteiger charge is -2.15. The van der Waals surface area contributed by atoms with Crippen LogP contribution in [0.3, 0.4) is 0 Å². The van der Waals surface area contributed by atoms with Crippen molar-refractivity contribution < 1.29 is 13.2 Å². The van der Waals surface area contributed by atoms with Crippen molar-refractivity contribution in [1.82, 2.24) is 14.5 Å². The highest BCUT2D eigenvalue weighted by Crippen LogP contribution is 2.22. The van der Waals surface area contributed by atoms with E-state index in [2.05, 4.69) is 9.82 Å². The van der Waals surface area contributed by atoms with Gasteiger partial charge >= 0.3 is 0 Å². The van der Waals surface area contributed by atoms with Crippen molar-refractivity contribution in [2.45, 2.75) is 24.5 Å². The summed E-state index contributed by atoms with van der Waals surface area (Å²) >= 11 is 0. The summed E-state index contributed by atoms with van der Waals surface area (Å²) in [7, 11) is -3.58. The first-order valence-corrected chi connectivity index (χ1v) is 9.72. The molecule has 4 rings (SSSR count). The van der Waals surface area contributed by atoms with E-state index >= 15 is 0 Å². The fourth-order valence-electron chi connectivity index (χ4n) is 3.20. The number of hydrogen-bond acceptors (Lipinski definition) is 4. The molecule has 1 aromatic heterocycles. The van der Waals surface area contributed by atoms with E-state index in [4.69, 9.17) is 4.74 Å². The van der Waals surface area contributed by atoms with Gasteiger partial charge in [-0.05, 0) is 11.5 Å². The van der Waals surface area contributed by atoms with Gasteiger partial charge in [0.15, 0.2) is 0 Å². The molecule has 0 unspecified atom stereocenters. The van der Waals surface area contributed by atoms with Crippen LogP contribution in [0.4, 0.5) is 0 Å². The number of rotatable bonds is 5. The summed E-state index contributed by atoms with van der Waals surface area (Å²) in [5, 5.41) is 5.98. The van der Waals surface area contributed by atoms with Crippen LogP contribution in [-0.2, 0) is 34.3 Å². The van der Waals surface area contributed by atoms with E-state index in [9.17, 15) is 8.42 Å². The Kier molecular flexibility index (Phi) is 4.29. The van der Waals surface area contributed by atoms with Crippen molar-refractivity contribution in [3.05, 3.63) is 59.9 Å². The lowest BCUT2D eigenvalue weighted by molar-refractivity contribution is 0.109. The monoisotopic (exact) mass is 357 g/mol. The highest BCUT2D eigenvalue weighted by molar-refractivity contribution is 7.89. The second-order valence-electron chi connectivity index (χ2n) is 6.02. The second-order valence-corrected chi connectivity index (χ2v) is 7.75. The maximum Gasteiger partial charge on any atom is 0.241 e. The van der Waals surface area contributed by atoms with E-state index in [0.717, 1.165) is 28.5 Å². The van der Waals surface area contributed by atoms with E-state index in [-0.39, 0.29) is 0 Å². The molecular formula is C18H19N3O3S. The summed E-state index contributed by atoms with van der Waals surface area (Å²) in [6.07, 6.45) is 2.61. The quantitative estimate of drug-likeness (QED) is 0.759. The van der Waals surface area contributed by atoms with Crippen LogP contribution in [0.15, 0.2) is 53.6 Å². The number of nitrogens with one attached hydrogen (secondary N) is 1. The minimum Gasteiger partial charge on any atom is -0.376 e. The maximum atomic E-state index is 12.7. The number of nitrogens with zero attached hydrogens (tertiary/aromatic N) is 2. The molecule has 6 nitrogen and oxygen atoms in total. The Hall–Kier alpha value is -2.22. The molecule has 3 aromatic rings. The number of hydrogen-bond donors (Lipinski definition) is 1. The Morgan fingerprint density at radius 1 is 1.16 bits per heavy atom. The number of benzene rings is 2. The van der Waals surface area contributed by atoms with Gasteiger partial charge in [0.2, 0.25) is 10.0 Å². The second kappa shape index (κ2) is 6.59. The zero-order valence-electron chi connectivity index (χ0n) is 13.7. The van der Waals surface area contributed by atoms with Crippen LogP contribution in [0.5, 0.6) is 0 Å². The molecule has 0 spiro atoms. The summed E-state index contributed by atoms with van der Waals surface area (Å²) in [5.74, 6) is 0. The van der Waals surface area contributed by atoms with Gasteiger partial charge in [-0.3, -0.25) is 4.68 Å². The van der Waals surface area contributed by atoms with Crippen molar-refractivity contribution in [2.75, 3.05) is 13.2 Å². The van der Waals surface area contributed by atoms with Gasteiger partial charge in [-0.1, -0.05) is 36.4 Å². The molecule has 1 aliphatic heterocycles. The smallest absolute Gasteiger partial charge is 0.241 e. The topological polar surface area (TPSA) is 73.2 Å². The van der Waals surface area contributed by atoms with Crippen molar-refractivity contribution in [1.29, 1.82) is 0 Å². The number of sulfonamides is 1. The van der Waals surface area contributed by atoms with Gasteiger partial charge in [0, 0.05) is 29.6 Å². The fraction of sp³-hybridized carbons (Fsp3) is 0.278. The molecule has 1 N–H and O–H groups in total. The highest BCUT2D eigenvalue weighted by Gasteiger charge is 2.18. The summed E-state index contributed by atoms with van der Waals surface area (Å²) in [4.78, 5) is 0.307. The van der Waals surface area contributed by atoms with Crippen molar-refractivity contribution in [2.24, 2.45) is 0 Å². The number of fused-ring (bicyclic) bond motifs is 2. The zero-order chi connectivity index (χ0) is 17.3. The van der Waals surface area contributed by atoms with Gasteiger partial charge in [0.25, 0.3) is 0 Å². The van der Waals surface area contributed by atoms with E-state index in [1.54, 1.807) is 18.3 Å². The van der Waals surface area contributed by atoms with Crippen LogP contribution in [0.1, 0.15) is 11.3 Å². The van der Waals surface area contributed by atoms with E-state index in [0.29, 0.717) is 31.2 Å². The average Bonchev–Trinajstić information content (AvgIpc) is 3.04. The lowest BCUT2D eigenvalue weighted by atomic mass is 10.1. The number of aromatic nitrogens is 2. The standard InChI is InChI=1S/C18H19N3O3S/c22-25(23,18-7-3-5-14-4-1-2-6-16(14)18)20-9-10-21-17-8-11-24-13-15(17)12-19-21/h1-7,12,20H,8-11,13H2. The minimum absolute atomic E-state index is 0.292. The average molecular weight is 357 g/mol. The third-order valence-corrected chi connectivity index (χ3v) is 5.95. The molecule has 0 fully saturated rings. The van der Waals surface area contributed by atoms with Gasteiger partial charge in [0.05, 0.1) is 30.9 Å². The molecule has 1 aliphatic rings. The van der Waals surface area contributed by atoms with E-state index in [1.807, 2.05) is 35.0 Å². The molecule has 7 heteroatoms. The molecule has 0 atom stereocenters. The SMILES string of the molecule is O=S(=O)(NCCn1ncc2c1CCOC2)c1cccc2ccccc12. The van der Waals surface area contributed by atoms with Gasteiger partial charge in [-0.2, -0.15) is 5.10 Å². The Bertz CT molecular complexity index is 1010. The van der Waals surface area contributed by atoms with Crippen molar-refractivity contribution in [3.8, 4) is 0 Å². The first kappa shape index (κ1) is 16.3. The summed E-state index contributed by atoms with van der Waals surface area (Å²) in [6.45, 7) is 2.05. The van der Waals surface area contributed by atoms with Crippen molar-refractivity contribution in [3.63, 3.8) is 0 Å². The molecule has 130 valence electrons. The van der Waals surface area contributed by atoms with Crippen molar-refractivity contribution >= 4 is 20.8 Å². The molecule has 25 heavy (non-hydrogen) atoms. The summed E-state index contributed by atoms with van der Waals surface area (Å²) < 4.78 is 35.4. The largest absolute Gasteiger partial charge is 0.376 e. The Balaban J connectivity index is 1.51. The summed E-state index contributed by atoms with van der Waals surface area (Å²) in [6, 6.07) is 12.8. The molecule has 2 heterocycles. The zero-order valence-corrected chi connectivity index (χ0v) is 14.5. The third-order valence-electron chi connectivity index (χ3n) is 4.43. The predicted molar refractivity (Wildman–Crippen MR) is 94.7 cm³/mol. The lowest BCUT2D eigenvalue weighted by Crippen LogP contribution is -2.28. The van der Waals surface area contributed by atoms with Crippen LogP contribution in [0.25, 0.3) is 10.8 Å². The Morgan fingerprint density at radius 3 is 2.92 bits per heavy atom. The van der Waals surface area contributed by atoms with Gasteiger partial charge < -0.3 is 4.74 Å².